The highest BCUT2D eigenvalue weighted by Gasteiger charge is 2.21. The van der Waals surface area contributed by atoms with Crippen molar-refractivity contribution in [2.24, 2.45) is 5.92 Å². The van der Waals surface area contributed by atoms with Gasteiger partial charge in [0.05, 0.1) is 5.56 Å². The molecular formula is C16H24N2O3. The molecule has 1 amide bonds. The average molecular weight is 292 g/mol. The molecule has 1 aliphatic carbocycles. The SMILES string of the molecule is Cc1[nH]c(C(=O)O)c(C)c1C(=O)NCCC1CCCCC1. The van der Waals surface area contributed by atoms with Crippen LogP contribution in [0.15, 0.2) is 0 Å². The maximum absolute atomic E-state index is 12.2. The largest absolute Gasteiger partial charge is 0.477 e. The second-order valence-corrected chi connectivity index (χ2v) is 5.98. The van der Waals surface area contributed by atoms with E-state index in [1.54, 1.807) is 13.8 Å². The number of aromatic amines is 1. The molecule has 1 saturated carbocycles. The number of rotatable bonds is 5. The van der Waals surface area contributed by atoms with E-state index >= 15 is 0 Å². The first-order chi connectivity index (χ1) is 10.0. The zero-order chi connectivity index (χ0) is 15.4. The van der Waals surface area contributed by atoms with Gasteiger partial charge in [0.1, 0.15) is 5.69 Å². The van der Waals surface area contributed by atoms with E-state index in [9.17, 15) is 9.59 Å². The molecule has 3 N–H and O–H groups in total. The fourth-order valence-corrected chi connectivity index (χ4v) is 3.26. The van der Waals surface area contributed by atoms with Gasteiger partial charge in [-0.1, -0.05) is 32.1 Å². The smallest absolute Gasteiger partial charge is 0.352 e. The lowest BCUT2D eigenvalue weighted by Crippen LogP contribution is -2.27. The van der Waals surface area contributed by atoms with Crippen LogP contribution in [-0.2, 0) is 0 Å². The average Bonchev–Trinajstić information content (AvgIpc) is 2.75. The van der Waals surface area contributed by atoms with E-state index in [-0.39, 0.29) is 11.6 Å². The second kappa shape index (κ2) is 6.78. The summed E-state index contributed by atoms with van der Waals surface area (Å²) < 4.78 is 0. The van der Waals surface area contributed by atoms with Crippen molar-refractivity contribution in [3.8, 4) is 0 Å². The molecule has 1 aromatic heterocycles. The van der Waals surface area contributed by atoms with Gasteiger partial charge in [-0.25, -0.2) is 4.79 Å². The van der Waals surface area contributed by atoms with Gasteiger partial charge in [-0.2, -0.15) is 0 Å². The highest BCUT2D eigenvalue weighted by atomic mass is 16.4. The summed E-state index contributed by atoms with van der Waals surface area (Å²) in [6, 6.07) is 0. The standard InChI is InChI=1S/C16H24N2O3/c1-10-13(11(2)18-14(10)16(20)21)15(19)17-9-8-12-6-4-3-5-7-12/h12,18H,3-9H2,1-2H3,(H,17,19)(H,20,21). The van der Waals surface area contributed by atoms with E-state index in [0.29, 0.717) is 23.4 Å². The monoisotopic (exact) mass is 292 g/mol. The lowest BCUT2D eigenvalue weighted by atomic mass is 9.87. The van der Waals surface area contributed by atoms with Gasteiger partial charge < -0.3 is 15.4 Å². The minimum Gasteiger partial charge on any atom is -0.477 e. The van der Waals surface area contributed by atoms with E-state index in [0.717, 1.165) is 12.3 Å². The Hall–Kier alpha value is -1.78. The van der Waals surface area contributed by atoms with Crippen LogP contribution >= 0.6 is 0 Å². The van der Waals surface area contributed by atoms with Gasteiger partial charge in [-0.3, -0.25) is 4.79 Å². The highest BCUT2D eigenvalue weighted by molar-refractivity contribution is 6.00. The zero-order valence-electron chi connectivity index (χ0n) is 12.8. The molecule has 2 rings (SSSR count). The molecule has 5 heteroatoms. The topological polar surface area (TPSA) is 82.2 Å². The van der Waals surface area contributed by atoms with Crippen molar-refractivity contribution in [3.63, 3.8) is 0 Å². The lowest BCUT2D eigenvalue weighted by molar-refractivity contribution is 0.0690. The number of aromatic carboxylic acids is 1. The summed E-state index contributed by atoms with van der Waals surface area (Å²) in [4.78, 5) is 26.1. The molecule has 1 fully saturated rings. The third kappa shape index (κ3) is 3.65. The summed E-state index contributed by atoms with van der Waals surface area (Å²) >= 11 is 0. The number of aryl methyl sites for hydroxylation is 1. The van der Waals surface area contributed by atoms with Crippen LogP contribution in [0.1, 0.15) is 70.6 Å². The minimum absolute atomic E-state index is 0.102. The minimum atomic E-state index is -1.03. The molecule has 0 atom stereocenters. The van der Waals surface area contributed by atoms with Crippen LogP contribution < -0.4 is 5.32 Å². The van der Waals surface area contributed by atoms with Crippen molar-refractivity contribution in [1.29, 1.82) is 0 Å². The van der Waals surface area contributed by atoms with Gasteiger partial charge >= 0.3 is 5.97 Å². The van der Waals surface area contributed by atoms with Crippen LogP contribution in [0, 0.1) is 19.8 Å². The lowest BCUT2D eigenvalue weighted by Gasteiger charge is -2.21. The van der Waals surface area contributed by atoms with Crippen LogP contribution in [0.3, 0.4) is 0 Å². The maximum atomic E-state index is 12.2. The van der Waals surface area contributed by atoms with Crippen LogP contribution in [0.25, 0.3) is 0 Å². The molecule has 0 aromatic carbocycles. The van der Waals surface area contributed by atoms with Gasteiger partial charge in [-0.15, -0.1) is 0 Å². The summed E-state index contributed by atoms with van der Waals surface area (Å²) in [5.74, 6) is -0.483. The van der Waals surface area contributed by atoms with E-state index in [4.69, 9.17) is 5.11 Å². The zero-order valence-corrected chi connectivity index (χ0v) is 12.8. The van der Waals surface area contributed by atoms with Gasteiger partial charge in [0.15, 0.2) is 0 Å². The van der Waals surface area contributed by atoms with Gasteiger partial charge in [0.25, 0.3) is 5.91 Å². The summed E-state index contributed by atoms with van der Waals surface area (Å²) in [6.07, 6.45) is 7.48. The molecule has 1 aromatic rings. The number of aromatic nitrogens is 1. The molecule has 0 radical (unpaired) electrons. The van der Waals surface area contributed by atoms with Crippen molar-refractivity contribution in [3.05, 3.63) is 22.5 Å². The number of carbonyl (C=O) groups is 2. The molecule has 5 nitrogen and oxygen atoms in total. The van der Waals surface area contributed by atoms with Crippen molar-refractivity contribution >= 4 is 11.9 Å². The number of hydrogen-bond acceptors (Lipinski definition) is 2. The van der Waals surface area contributed by atoms with Crippen molar-refractivity contribution in [1.82, 2.24) is 10.3 Å². The number of H-pyrrole nitrogens is 1. The van der Waals surface area contributed by atoms with Crippen LogP contribution in [0.4, 0.5) is 0 Å². The maximum Gasteiger partial charge on any atom is 0.352 e. The molecule has 1 aliphatic rings. The second-order valence-electron chi connectivity index (χ2n) is 5.98. The third-order valence-corrected chi connectivity index (χ3v) is 4.44. The first-order valence-electron chi connectivity index (χ1n) is 7.71. The summed E-state index contributed by atoms with van der Waals surface area (Å²) in [6.45, 7) is 4.06. The normalized spacial score (nSPS) is 15.9. The molecule has 0 bridgehead atoms. The van der Waals surface area contributed by atoms with E-state index in [1.807, 2.05) is 0 Å². The summed E-state index contributed by atoms with van der Waals surface area (Å²) in [7, 11) is 0. The highest BCUT2D eigenvalue weighted by Crippen LogP contribution is 2.25. The Labute approximate surface area is 125 Å². The quantitative estimate of drug-likeness (QED) is 0.780. The fraction of sp³-hybridized carbons (Fsp3) is 0.625. The van der Waals surface area contributed by atoms with E-state index in [2.05, 4.69) is 10.3 Å². The molecule has 0 unspecified atom stereocenters. The van der Waals surface area contributed by atoms with Crippen molar-refractivity contribution < 1.29 is 14.7 Å². The fourth-order valence-electron chi connectivity index (χ4n) is 3.26. The first-order valence-corrected chi connectivity index (χ1v) is 7.71. The Morgan fingerprint density at radius 3 is 2.48 bits per heavy atom. The molecule has 116 valence electrons. The number of nitrogens with one attached hydrogen (secondary N) is 2. The van der Waals surface area contributed by atoms with Gasteiger partial charge in [-0.05, 0) is 31.7 Å². The Morgan fingerprint density at radius 1 is 1.24 bits per heavy atom. The van der Waals surface area contributed by atoms with Crippen LogP contribution in [0.2, 0.25) is 0 Å². The summed E-state index contributed by atoms with van der Waals surface area (Å²) in [5.41, 5.74) is 1.69. The Morgan fingerprint density at radius 2 is 1.90 bits per heavy atom. The predicted octanol–water partition coefficient (Wildman–Crippen LogP) is 3.03. The molecule has 21 heavy (non-hydrogen) atoms. The molecular weight excluding hydrogens is 268 g/mol. The Balaban J connectivity index is 1.92. The Kier molecular flexibility index (Phi) is 5.04. The number of carboxylic acid groups (broad SMARTS) is 1. The predicted molar refractivity (Wildman–Crippen MR) is 80.8 cm³/mol. The van der Waals surface area contributed by atoms with E-state index < -0.39 is 5.97 Å². The molecule has 0 aliphatic heterocycles. The molecule has 1 heterocycles. The number of carbonyl (C=O) groups excluding carboxylic acids is 1. The Bertz CT molecular complexity index is 528. The molecule has 0 saturated heterocycles. The third-order valence-electron chi connectivity index (χ3n) is 4.44. The first kappa shape index (κ1) is 15.6. The van der Waals surface area contributed by atoms with Gasteiger partial charge in [0, 0.05) is 12.2 Å². The summed E-state index contributed by atoms with van der Waals surface area (Å²) in [5, 5.41) is 12.0. The van der Waals surface area contributed by atoms with Crippen molar-refractivity contribution in [2.45, 2.75) is 52.4 Å². The van der Waals surface area contributed by atoms with Crippen LogP contribution in [0.5, 0.6) is 0 Å². The van der Waals surface area contributed by atoms with Crippen molar-refractivity contribution in [2.75, 3.05) is 6.54 Å². The number of hydrogen-bond donors (Lipinski definition) is 3. The molecule has 0 spiro atoms. The van der Waals surface area contributed by atoms with Crippen LogP contribution in [-0.4, -0.2) is 28.5 Å². The number of amides is 1. The number of carboxylic acids is 1. The van der Waals surface area contributed by atoms with Gasteiger partial charge in [0.2, 0.25) is 0 Å². The van der Waals surface area contributed by atoms with E-state index in [1.165, 1.54) is 32.1 Å².